The number of carbonyl (C=O) groups is 1. The number of aromatic nitrogens is 2. The van der Waals surface area contributed by atoms with Gasteiger partial charge in [0.1, 0.15) is 0 Å². The zero-order valence-electron chi connectivity index (χ0n) is 18.0. The monoisotopic (exact) mass is 456 g/mol. The van der Waals surface area contributed by atoms with Gasteiger partial charge in [0.2, 0.25) is 0 Å². The normalized spacial score (nSPS) is 27.2. The number of piperidine rings is 2. The number of H-pyrrole nitrogens is 1. The Kier molecular flexibility index (Phi) is 4.05. The van der Waals surface area contributed by atoms with Crippen LogP contribution in [0.3, 0.4) is 0 Å². The van der Waals surface area contributed by atoms with Crippen molar-refractivity contribution in [2.75, 3.05) is 4.90 Å². The molecule has 7 heteroatoms. The van der Waals surface area contributed by atoms with Crippen molar-refractivity contribution in [3.63, 3.8) is 0 Å². The lowest BCUT2D eigenvalue weighted by atomic mass is 9.41. The Morgan fingerprint density at radius 1 is 1.21 bits per heavy atom. The summed E-state index contributed by atoms with van der Waals surface area (Å²) in [6.07, 6.45) is 3.13. The number of anilines is 1. The van der Waals surface area contributed by atoms with Gasteiger partial charge in [-0.3, -0.25) is 9.89 Å². The van der Waals surface area contributed by atoms with Gasteiger partial charge in [-0.25, -0.2) is 0 Å². The van der Waals surface area contributed by atoms with Gasteiger partial charge in [0.25, 0.3) is 5.91 Å². The number of aliphatic hydroxyl groups is 1. The number of aliphatic hydroxyl groups excluding tert-OH is 1. The van der Waals surface area contributed by atoms with Gasteiger partial charge in [-0.15, -0.1) is 0 Å². The van der Waals surface area contributed by atoms with Gasteiger partial charge in [0.15, 0.2) is 0 Å². The van der Waals surface area contributed by atoms with E-state index in [1.807, 2.05) is 35.0 Å². The second-order valence-electron chi connectivity index (χ2n) is 9.54. The first kappa shape index (κ1) is 19.3. The van der Waals surface area contributed by atoms with Crippen LogP contribution in [-0.2, 0) is 6.54 Å². The second kappa shape index (κ2) is 6.92. The van der Waals surface area contributed by atoms with Crippen molar-refractivity contribution in [3.05, 3.63) is 70.4 Å². The largest absolute Gasteiger partial charge is 0.392 e. The van der Waals surface area contributed by atoms with Crippen molar-refractivity contribution < 1.29 is 9.90 Å². The molecule has 2 aromatic heterocycles. The molecule has 3 heterocycles. The molecule has 33 heavy (non-hydrogen) atoms. The first-order valence-corrected chi connectivity index (χ1v) is 12.4. The van der Waals surface area contributed by atoms with E-state index in [1.54, 1.807) is 11.3 Å². The topological polar surface area (TPSA) is 81.2 Å². The van der Waals surface area contributed by atoms with Crippen LogP contribution >= 0.6 is 11.3 Å². The van der Waals surface area contributed by atoms with E-state index in [-0.39, 0.29) is 17.4 Å². The van der Waals surface area contributed by atoms with Gasteiger partial charge in [-0.1, -0.05) is 12.1 Å². The summed E-state index contributed by atoms with van der Waals surface area (Å²) in [4.78, 5) is 15.2. The van der Waals surface area contributed by atoms with E-state index < -0.39 is 0 Å². The Balaban J connectivity index is 1.13. The Morgan fingerprint density at radius 2 is 2.09 bits per heavy atom. The minimum absolute atomic E-state index is 0.0879. The predicted molar refractivity (Wildman–Crippen MR) is 129 cm³/mol. The quantitative estimate of drug-likeness (QED) is 0.418. The van der Waals surface area contributed by atoms with Crippen LogP contribution < -0.4 is 10.2 Å². The molecule has 6 nitrogen and oxygen atoms in total. The molecular formula is C26H24N4O2S. The molecule has 0 bridgehead atoms. The third-order valence-electron chi connectivity index (χ3n) is 8.13. The lowest BCUT2D eigenvalue weighted by Crippen LogP contribution is -2.87. The van der Waals surface area contributed by atoms with Crippen LogP contribution in [0.15, 0.2) is 59.3 Å². The van der Waals surface area contributed by atoms with Crippen molar-refractivity contribution in [2.24, 2.45) is 5.41 Å². The van der Waals surface area contributed by atoms with Gasteiger partial charge >= 0.3 is 0 Å². The summed E-state index contributed by atoms with van der Waals surface area (Å²) in [5.41, 5.74) is 5.94. The average Bonchev–Trinajstić information content (AvgIpc) is 3.48. The van der Waals surface area contributed by atoms with Crippen molar-refractivity contribution in [1.29, 1.82) is 0 Å². The lowest BCUT2D eigenvalue weighted by molar-refractivity contribution is -0.211. The fourth-order valence-corrected chi connectivity index (χ4v) is 6.87. The maximum Gasteiger partial charge on any atom is 0.251 e. The summed E-state index contributed by atoms with van der Waals surface area (Å²) in [6.45, 7) is 0.525. The number of thiophene rings is 1. The van der Waals surface area contributed by atoms with E-state index >= 15 is 0 Å². The number of hydrogen-bond acceptors (Lipinski definition) is 5. The zero-order valence-corrected chi connectivity index (χ0v) is 18.8. The van der Waals surface area contributed by atoms with Gasteiger partial charge in [-0.05, 0) is 72.0 Å². The Morgan fingerprint density at radius 3 is 2.79 bits per heavy atom. The summed E-state index contributed by atoms with van der Waals surface area (Å²) in [6, 6.07) is 17.2. The molecule has 2 aromatic carbocycles. The van der Waals surface area contributed by atoms with Crippen molar-refractivity contribution in [2.45, 2.75) is 44.0 Å². The molecule has 4 aromatic rings. The van der Waals surface area contributed by atoms with E-state index in [0.29, 0.717) is 24.2 Å². The second-order valence-corrected chi connectivity index (χ2v) is 10.3. The van der Waals surface area contributed by atoms with E-state index in [4.69, 9.17) is 0 Å². The van der Waals surface area contributed by atoms with Crippen LogP contribution in [0.2, 0.25) is 0 Å². The molecule has 1 spiro atoms. The third kappa shape index (κ3) is 2.63. The number of hydrogen-bond donors (Lipinski definition) is 3. The van der Waals surface area contributed by atoms with Crippen LogP contribution in [0.4, 0.5) is 5.69 Å². The lowest BCUT2D eigenvalue weighted by Gasteiger charge is -2.79. The average molecular weight is 457 g/mol. The number of amides is 1. The van der Waals surface area contributed by atoms with Crippen LogP contribution in [-0.4, -0.2) is 39.4 Å². The molecule has 4 atom stereocenters. The molecule has 1 amide bonds. The number of aromatic amines is 1. The Labute approximate surface area is 195 Å². The van der Waals surface area contributed by atoms with Crippen molar-refractivity contribution in [1.82, 2.24) is 15.5 Å². The molecular weight excluding hydrogens is 432 g/mol. The Hall–Kier alpha value is -3.16. The highest BCUT2D eigenvalue weighted by Crippen LogP contribution is 2.68. The molecule has 0 radical (unpaired) electrons. The number of nitrogens with zero attached hydrogens (tertiary/aromatic N) is 2. The predicted octanol–water partition coefficient (Wildman–Crippen LogP) is 4.32. The molecule has 1 saturated heterocycles. The van der Waals surface area contributed by atoms with Crippen molar-refractivity contribution in [3.8, 4) is 11.3 Å². The van der Waals surface area contributed by atoms with Gasteiger partial charge in [-0.2, -0.15) is 16.4 Å². The summed E-state index contributed by atoms with van der Waals surface area (Å²) in [7, 11) is 0. The first-order valence-electron chi connectivity index (χ1n) is 11.5. The highest BCUT2D eigenvalue weighted by atomic mass is 32.1. The minimum atomic E-state index is -0.108. The standard InChI is InChI=1S/C26H24N4O2S/c31-23-12-22-26(23)9-7-21(26)30(22)18-4-1-16(2-5-18)24-19-11-17(3-6-20(19)28-29-24)25(32)27-13-15-8-10-33-14-15/h1-6,8,10-11,14,21-23,31H,7,9,12-13H2,(H,27,32)(H,28,29). The fraction of sp³-hybridized carbons (Fsp3) is 0.308. The number of carbonyl (C=O) groups excluding carboxylic acids is 1. The molecule has 166 valence electrons. The van der Waals surface area contributed by atoms with E-state index in [1.165, 1.54) is 18.5 Å². The summed E-state index contributed by atoms with van der Waals surface area (Å²) in [5.74, 6) is -0.0879. The van der Waals surface area contributed by atoms with E-state index in [2.05, 4.69) is 44.7 Å². The van der Waals surface area contributed by atoms with E-state index in [9.17, 15) is 9.90 Å². The van der Waals surface area contributed by atoms with Gasteiger partial charge in [0, 0.05) is 46.2 Å². The number of benzene rings is 2. The van der Waals surface area contributed by atoms with Gasteiger partial charge in [0.05, 0.1) is 17.3 Å². The molecule has 2 saturated carbocycles. The maximum atomic E-state index is 12.7. The number of fused-ring (bicyclic) bond motifs is 1. The molecule has 2 aliphatic carbocycles. The fourth-order valence-electron chi connectivity index (χ4n) is 6.21. The smallest absolute Gasteiger partial charge is 0.251 e. The van der Waals surface area contributed by atoms with Crippen LogP contribution in [0.5, 0.6) is 0 Å². The SMILES string of the molecule is O=C(NCc1ccsc1)c1ccc2[nH]nc(-c3ccc(N4C5CCC56C(O)CC46)cc3)c2c1. The van der Waals surface area contributed by atoms with Crippen molar-refractivity contribution >= 4 is 33.8 Å². The number of rotatable bonds is 5. The van der Waals surface area contributed by atoms with Crippen LogP contribution in [0.25, 0.3) is 22.2 Å². The molecule has 7 rings (SSSR count). The van der Waals surface area contributed by atoms with Gasteiger partial charge < -0.3 is 15.3 Å². The molecule has 1 aliphatic heterocycles. The molecule has 3 N–H and O–H groups in total. The molecule has 3 aliphatic rings. The zero-order chi connectivity index (χ0) is 22.2. The summed E-state index contributed by atoms with van der Waals surface area (Å²) >= 11 is 1.63. The maximum absolute atomic E-state index is 12.7. The Bertz CT molecular complexity index is 1350. The van der Waals surface area contributed by atoms with Crippen LogP contribution in [0, 0.1) is 5.41 Å². The minimum Gasteiger partial charge on any atom is -0.392 e. The third-order valence-corrected chi connectivity index (χ3v) is 8.86. The van der Waals surface area contributed by atoms with Crippen LogP contribution in [0.1, 0.15) is 35.2 Å². The summed E-state index contributed by atoms with van der Waals surface area (Å²) < 4.78 is 0. The number of nitrogens with one attached hydrogen (secondary N) is 2. The summed E-state index contributed by atoms with van der Waals surface area (Å²) in [5, 5.41) is 25.9. The first-order chi connectivity index (χ1) is 16.1. The highest BCUT2D eigenvalue weighted by Gasteiger charge is 2.75. The highest BCUT2D eigenvalue weighted by molar-refractivity contribution is 7.07. The molecule has 4 unspecified atom stereocenters. The molecule has 3 fully saturated rings. The van der Waals surface area contributed by atoms with E-state index in [0.717, 1.165) is 34.1 Å².